The summed E-state index contributed by atoms with van der Waals surface area (Å²) >= 11 is 1.51. The lowest BCUT2D eigenvalue weighted by Gasteiger charge is -2.13. The van der Waals surface area contributed by atoms with Gasteiger partial charge in [-0.25, -0.2) is 4.79 Å². The fourth-order valence-electron chi connectivity index (χ4n) is 2.56. The molecule has 0 atom stereocenters. The van der Waals surface area contributed by atoms with Gasteiger partial charge in [0.2, 0.25) is 5.82 Å². The molecule has 0 spiro atoms. The van der Waals surface area contributed by atoms with Gasteiger partial charge in [-0.2, -0.15) is 10.1 Å². The number of rotatable bonds is 5. The third kappa shape index (κ3) is 3.50. The van der Waals surface area contributed by atoms with E-state index in [0.29, 0.717) is 17.3 Å². The van der Waals surface area contributed by atoms with Crippen LogP contribution in [0.15, 0.2) is 51.4 Å². The van der Waals surface area contributed by atoms with Crippen LogP contribution in [0.25, 0.3) is 10.8 Å². The minimum atomic E-state index is -0.430. The molecule has 3 aromatic rings. The van der Waals surface area contributed by atoms with Crippen molar-refractivity contribution in [3.8, 4) is 10.8 Å². The number of anilines is 1. The summed E-state index contributed by atoms with van der Waals surface area (Å²) in [6.45, 7) is 2.83. The highest BCUT2D eigenvalue weighted by atomic mass is 32.1. The quantitative estimate of drug-likeness (QED) is 0.638. The Balaban J connectivity index is 1.36. The van der Waals surface area contributed by atoms with Gasteiger partial charge in [-0.15, -0.1) is 11.3 Å². The van der Waals surface area contributed by atoms with Gasteiger partial charge in [0.25, 0.3) is 5.89 Å². The highest BCUT2D eigenvalue weighted by Crippen LogP contribution is 2.23. The van der Waals surface area contributed by atoms with Gasteiger partial charge in [0.05, 0.1) is 16.1 Å². The number of carbonyl (C=O) groups is 1. The molecule has 1 aromatic carbocycles. The maximum Gasteiger partial charge on any atom is 0.338 e. The number of ether oxygens (including phenoxy) is 1. The molecule has 2 aromatic heterocycles. The van der Waals surface area contributed by atoms with Crippen LogP contribution >= 0.6 is 11.3 Å². The number of hydrogen-bond donors (Lipinski definition) is 0. The van der Waals surface area contributed by atoms with E-state index in [2.05, 4.69) is 15.2 Å². The molecule has 0 aliphatic carbocycles. The average molecular weight is 368 g/mol. The summed E-state index contributed by atoms with van der Waals surface area (Å²) in [5.74, 6) is 0.331. The van der Waals surface area contributed by atoms with Crippen molar-refractivity contribution in [3.05, 3.63) is 53.2 Å². The Labute approximate surface area is 153 Å². The van der Waals surface area contributed by atoms with Crippen LogP contribution in [-0.4, -0.2) is 28.4 Å². The second-order valence-electron chi connectivity index (χ2n) is 5.82. The molecule has 0 saturated carbocycles. The molecule has 1 aliphatic rings. The normalized spacial score (nSPS) is 13.7. The Bertz CT molecular complexity index is 932. The lowest BCUT2D eigenvalue weighted by Crippen LogP contribution is -2.12. The van der Waals surface area contributed by atoms with Gasteiger partial charge in [-0.1, -0.05) is 11.2 Å². The number of thiophene rings is 1. The fraction of sp³-hybridized carbons (Fsp3) is 0.222. The fourth-order valence-corrected chi connectivity index (χ4v) is 3.20. The van der Waals surface area contributed by atoms with Crippen LogP contribution in [0, 0.1) is 0 Å². The first-order valence-electron chi connectivity index (χ1n) is 8.14. The summed E-state index contributed by atoms with van der Waals surface area (Å²) < 4.78 is 10.4. The van der Waals surface area contributed by atoms with Crippen LogP contribution in [0.5, 0.6) is 0 Å². The number of carbonyl (C=O) groups excluding carboxylic acids is 1. The van der Waals surface area contributed by atoms with E-state index >= 15 is 0 Å². The van der Waals surface area contributed by atoms with Crippen molar-refractivity contribution in [1.82, 2.24) is 10.1 Å². The summed E-state index contributed by atoms with van der Waals surface area (Å²) in [5.41, 5.74) is 2.53. The van der Waals surface area contributed by atoms with Crippen LogP contribution in [0.4, 0.5) is 5.69 Å². The Morgan fingerprint density at radius 2 is 2.15 bits per heavy atom. The van der Waals surface area contributed by atoms with E-state index in [9.17, 15) is 4.79 Å². The van der Waals surface area contributed by atoms with Crippen LogP contribution in [0.3, 0.4) is 0 Å². The molecule has 8 heteroatoms. The van der Waals surface area contributed by atoms with E-state index in [1.807, 2.05) is 41.6 Å². The van der Waals surface area contributed by atoms with E-state index in [-0.39, 0.29) is 6.61 Å². The van der Waals surface area contributed by atoms with Crippen LogP contribution in [0.2, 0.25) is 0 Å². The average Bonchev–Trinajstić information content (AvgIpc) is 3.41. The van der Waals surface area contributed by atoms with Crippen molar-refractivity contribution < 1.29 is 14.1 Å². The van der Waals surface area contributed by atoms with Crippen molar-refractivity contribution in [2.45, 2.75) is 20.0 Å². The van der Waals surface area contributed by atoms with Crippen LogP contribution < -0.4 is 5.01 Å². The number of hydrogen-bond acceptors (Lipinski definition) is 8. The summed E-state index contributed by atoms with van der Waals surface area (Å²) in [5, 5.41) is 12.1. The molecular formula is C18H16N4O3S. The Morgan fingerprint density at radius 1 is 1.31 bits per heavy atom. The number of esters is 1. The predicted octanol–water partition coefficient (Wildman–Crippen LogP) is 3.74. The molecule has 0 N–H and O–H groups in total. The van der Waals surface area contributed by atoms with Crippen molar-refractivity contribution >= 4 is 28.7 Å². The minimum absolute atomic E-state index is 0.0366. The molecule has 0 bridgehead atoms. The number of benzene rings is 1. The predicted molar refractivity (Wildman–Crippen MR) is 98.2 cm³/mol. The monoisotopic (exact) mass is 368 g/mol. The summed E-state index contributed by atoms with van der Waals surface area (Å²) in [6.07, 6.45) is 0.960. The molecule has 4 rings (SSSR count). The standard InChI is InChI=1S/C18H16N4O3S/c1-12-8-9-22(20-12)14-6-4-13(5-7-14)18(23)24-11-16-19-17(25-21-16)15-3-2-10-26-15/h2-7,10H,8-9,11H2,1H3. The molecule has 7 nitrogen and oxygen atoms in total. The van der Waals surface area contributed by atoms with Gasteiger partial charge in [-0.05, 0) is 42.6 Å². The maximum absolute atomic E-state index is 12.2. The lowest BCUT2D eigenvalue weighted by atomic mass is 10.2. The van der Waals surface area contributed by atoms with Crippen molar-refractivity contribution in [1.29, 1.82) is 0 Å². The van der Waals surface area contributed by atoms with Crippen molar-refractivity contribution in [3.63, 3.8) is 0 Å². The molecule has 1 aliphatic heterocycles. The zero-order valence-electron chi connectivity index (χ0n) is 14.1. The number of nitrogens with zero attached hydrogens (tertiary/aromatic N) is 4. The molecule has 3 heterocycles. The first kappa shape index (κ1) is 16.5. The summed E-state index contributed by atoms with van der Waals surface area (Å²) in [4.78, 5) is 17.3. The minimum Gasteiger partial charge on any atom is -0.454 e. The third-order valence-corrected chi connectivity index (χ3v) is 4.77. The number of hydrazone groups is 1. The van der Waals surface area contributed by atoms with Crippen LogP contribution in [-0.2, 0) is 11.3 Å². The van der Waals surface area contributed by atoms with E-state index in [1.54, 1.807) is 12.1 Å². The molecule has 0 amide bonds. The van der Waals surface area contributed by atoms with Gasteiger partial charge in [0, 0.05) is 18.7 Å². The molecule has 0 saturated heterocycles. The Kier molecular flexibility index (Phi) is 4.49. The molecule has 0 fully saturated rings. The molecule has 0 unspecified atom stereocenters. The molecular weight excluding hydrogens is 352 g/mol. The first-order valence-corrected chi connectivity index (χ1v) is 9.02. The largest absolute Gasteiger partial charge is 0.454 e. The third-order valence-electron chi connectivity index (χ3n) is 3.91. The van der Waals surface area contributed by atoms with Crippen LogP contribution in [0.1, 0.15) is 29.5 Å². The second kappa shape index (κ2) is 7.09. The van der Waals surface area contributed by atoms with E-state index in [4.69, 9.17) is 9.26 Å². The first-order chi connectivity index (χ1) is 12.7. The highest BCUT2D eigenvalue weighted by molar-refractivity contribution is 7.13. The van der Waals surface area contributed by atoms with Gasteiger partial charge in [0.15, 0.2) is 6.61 Å². The molecule has 132 valence electrons. The van der Waals surface area contributed by atoms with Gasteiger partial charge in [0.1, 0.15) is 0 Å². The zero-order valence-corrected chi connectivity index (χ0v) is 14.9. The van der Waals surface area contributed by atoms with E-state index in [0.717, 1.165) is 29.2 Å². The summed E-state index contributed by atoms with van der Waals surface area (Å²) in [6, 6.07) is 11.0. The Hall–Kier alpha value is -3.00. The molecule has 26 heavy (non-hydrogen) atoms. The zero-order chi connectivity index (χ0) is 17.9. The van der Waals surface area contributed by atoms with Gasteiger partial charge in [-0.3, -0.25) is 5.01 Å². The Morgan fingerprint density at radius 3 is 2.85 bits per heavy atom. The lowest BCUT2D eigenvalue weighted by molar-refractivity contribution is 0.0459. The van der Waals surface area contributed by atoms with E-state index < -0.39 is 5.97 Å². The smallest absolute Gasteiger partial charge is 0.338 e. The SMILES string of the molecule is CC1=NN(c2ccc(C(=O)OCc3noc(-c4cccs4)n3)cc2)CC1. The van der Waals surface area contributed by atoms with E-state index in [1.165, 1.54) is 11.3 Å². The molecule has 0 radical (unpaired) electrons. The second-order valence-corrected chi connectivity index (χ2v) is 6.77. The number of aromatic nitrogens is 2. The highest BCUT2D eigenvalue weighted by Gasteiger charge is 2.15. The van der Waals surface area contributed by atoms with Crippen molar-refractivity contribution in [2.24, 2.45) is 5.10 Å². The van der Waals surface area contributed by atoms with Gasteiger partial charge < -0.3 is 9.26 Å². The topological polar surface area (TPSA) is 80.8 Å². The summed E-state index contributed by atoms with van der Waals surface area (Å²) in [7, 11) is 0. The van der Waals surface area contributed by atoms with Crippen molar-refractivity contribution in [2.75, 3.05) is 11.6 Å². The van der Waals surface area contributed by atoms with Gasteiger partial charge >= 0.3 is 5.97 Å². The maximum atomic E-state index is 12.2.